The highest BCUT2D eigenvalue weighted by Gasteiger charge is 2.34. The third kappa shape index (κ3) is 3.14. The Hall–Kier alpha value is -1.83. The number of alkyl halides is 3. The number of nitrogens with two attached hydrogens (primary N) is 1. The molecule has 1 aromatic carbocycles. The molecule has 102 valence electrons. The van der Waals surface area contributed by atoms with E-state index in [1.165, 1.54) is 28.5 Å². The van der Waals surface area contributed by atoms with Crippen molar-refractivity contribution in [2.45, 2.75) is 12.8 Å². The Labute approximate surface area is 112 Å². The van der Waals surface area contributed by atoms with Crippen LogP contribution in [-0.4, -0.2) is 9.19 Å². The van der Waals surface area contributed by atoms with Crippen LogP contribution in [0.1, 0.15) is 11.1 Å². The van der Waals surface area contributed by atoms with Crippen LogP contribution in [0.5, 0.6) is 5.88 Å². The van der Waals surface area contributed by atoms with Gasteiger partial charge in [0.25, 0.3) is 0 Å². The minimum Gasteiger partial charge on any atom is -0.472 e. The predicted molar refractivity (Wildman–Crippen MR) is 66.8 cm³/mol. The van der Waals surface area contributed by atoms with Gasteiger partial charge in [0.05, 0.1) is 5.56 Å². The Balaban J connectivity index is 2.24. The summed E-state index contributed by atoms with van der Waals surface area (Å²) in [7, 11) is 0. The number of rotatable bonds is 3. The molecule has 4 nitrogen and oxygen atoms in total. The van der Waals surface area contributed by atoms with E-state index in [-0.39, 0.29) is 23.7 Å². The number of aromatic nitrogens is 2. The van der Waals surface area contributed by atoms with E-state index < -0.39 is 11.7 Å². The summed E-state index contributed by atoms with van der Waals surface area (Å²) in [6.45, 7) is -0.313. The molecule has 0 atom stereocenters. The molecule has 2 aromatic rings. The molecular formula is C11H10F3N3OS. The lowest BCUT2D eigenvalue weighted by molar-refractivity contribution is -0.138. The lowest BCUT2D eigenvalue weighted by Crippen LogP contribution is -2.13. The van der Waals surface area contributed by atoms with Crippen molar-refractivity contribution in [1.29, 1.82) is 0 Å². The summed E-state index contributed by atoms with van der Waals surface area (Å²) in [6, 6.07) is 5.10. The van der Waals surface area contributed by atoms with E-state index >= 15 is 0 Å². The average molecular weight is 289 g/mol. The van der Waals surface area contributed by atoms with Crippen LogP contribution in [0.25, 0.3) is 0 Å². The molecule has 0 radical (unpaired) electrons. The number of anilines is 1. The van der Waals surface area contributed by atoms with E-state index in [0.717, 1.165) is 6.07 Å². The van der Waals surface area contributed by atoms with Crippen molar-refractivity contribution in [3.8, 4) is 5.88 Å². The molecular weight excluding hydrogens is 279 g/mol. The zero-order valence-corrected chi connectivity index (χ0v) is 10.4. The van der Waals surface area contributed by atoms with E-state index in [0.29, 0.717) is 0 Å². The standard InChI is InChI=1S/C11H10F3N3OS/c12-11(13,14)8-2-1-3-9(15)7(8)6-18-10-4-5-17(19)16-10/h1-5,19H,6,15H2. The number of nitrogen functional groups attached to an aromatic ring is 1. The summed E-state index contributed by atoms with van der Waals surface area (Å²) in [4.78, 5) is 0. The Kier molecular flexibility index (Phi) is 3.61. The molecule has 0 saturated heterocycles. The topological polar surface area (TPSA) is 53.1 Å². The van der Waals surface area contributed by atoms with E-state index in [1.807, 2.05) is 0 Å². The fourth-order valence-electron chi connectivity index (χ4n) is 1.55. The van der Waals surface area contributed by atoms with Crippen molar-refractivity contribution < 1.29 is 17.9 Å². The van der Waals surface area contributed by atoms with Crippen LogP contribution in [-0.2, 0) is 12.8 Å². The molecule has 2 N–H and O–H groups in total. The molecule has 2 rings (SSSR count). The van der Waals surface area contributed by atoms with Gasteiger partial charge in [-0.25, -0.2) is 4.09 Å². The van der Waals surface area contributed by atoms with Gasteiger partial charge in [0.15, 0.2) is 0 Å². The molecule has 0 aliphatic carbocycles. The number of hydrogen-bond donors (Lipinski definition) is 2. The van der Waals surface area contributed by atoms with Crippen molar-refractivity contribution in [3.05, 3.63) is 41.6 Å². The lowest BCUT2D eigenvalue weighted by atomic mass is 10.1. The first-order valence-electron chi connectivity index (χ1n) is 5.20. The number of hydrogen-bond acceptors (Lipinski definition) is 4. The number of nitrogens with zero attached hydrogens (tertiary/aromatic N) is 2. The molecule has 0 spiro atoms. The maximum atomic E-state index is 12.8. The Morgan fingerprint density at radius 1 is 1.32 bits per heavy atom. The van der Waals surface area contributed by atoms with Crippen LogP contribution in [0.3, 0.4) is 0 Å². The summed E-state index contributed by atoms with van der Waals surface area (Å²) < 4.78 is 44.8. The Morgan fingerprint density at radius 3 is 2.63 bits per heavy atom. The second-order valence-electron chi connectivity index (χ2n) is 3.73. The largest absolute Gasteiger partial charge is 0.472 e. The monoisotopic (exact) mass is 289 g/mol. The van der Waals surface area contributed by atoms with Crippen molar-refractivity contribution in [2.75, 3.05) is 5.73 Å². The summed E-state index contributed by atoms with van der Waals surface area (Å²) >= 11 is 3.89. The number of ether oxygens (including phenoxy) is 1. The highest BCUT2D eigenvalue weighted by atomic mass is 32.1. The van der Waals surface area contributed by atoms with Gasteiger partial charge < -0.3 is 10.5 Å². The van der Waals surface area contributed by atoms with Crippen molar-refractivity contribution in [3.63, 3.8) is 0 Å². The van der Waals surface area contributed by atoms with E-state index in [1.54, 1.807) is 0 Å². The molecule has 1 aromatic heterocycles. The van der Waals surface area contributed by atoms with Crippen LogP contribution < -0.4 is 10.5 Å². The van der Waals surface area contributed by atoms with Crippen LogP contribution in [0, 0.1) is 0 Å². The molecule has 0 saturated carbocycles. The maximum absolute atomic E-state index is 12.8. The van der Waals surface area contributed by atoms with Crippen LogP contribution in [0.15, 0.2) is 30.5 Å². The molecule has 19 heavy (non-hydrogen) atoms. The SMILES string of the molecule is Nc1cccc(C(F)(F)F)c1COc1ccn(S)n1. The van der Waals surface area contributed by atoms with Crippen LogP contribution >= 0.6 is 12.8 Å². The first-order chi connectivity index (χ1) is 8.88. The summed E-state index contributed by atoms with van der Waals surface area (Å²) in [6.07, 6.45) is -2.98. The Morgan fingerprint density at radius 2 is 2.05 bits per heavy atom. The van der Waals surface area contributed by atoms with Gasteiger partial charge in [0, 0.05) is 23.5 Å². The van der Waals surface area contributed by atoms with E-state index in [4.69, 9.17) is 10.5 Å². The van der Waals surface area contributed by atoms with Crippen LogP contribution in [0.2, 0.25) is 0 Å². The van der Waals surface area contributed by atoms with Gasteiger partial charge in [-0.15, -0.1) is 5.10 Å². The summed E-state index contributed by atoms with van der Waals surface area (Å²) in [5, 5.41) is 3.78. The van der Waals surface area contributed by atoms with Gasteiger partial charge in [-0.1, -0.05) is 6.07 Å². The highest BCUT2D eigenvalue weighted by Crippen LogP contribution is 2.34. The fraction of sp³-hybridized carbons (Fsp3) is 0.182. The Bertz CT molecular complexity index is 583. The van der Waals surface area contributed by atoms with Crippen molar-refractivity contribution in [2.24, 2.45) is 0 Å². The smallest absolute Gasteiger partial charge is 0.416 e. The highest BCUT2D eigenvalue weighted by molar-refractivity contribution is 7.78. The normalized spacial score (nSPS) is 11.6. The number of benzene rings is 1. The van der Waals surface area contributed by atoms with Gasteiger partial charge in [-0.3, -0.25) is 0 Å². The van der Waals surface area contributed by atoms with Crippen LogP contribution in [0.4, 0.5) is 18.9 Å². The number of thiol groups is 1. The first-order valence-corrected chi connectivity index (χ1v) is 5.60. The zero-order chi connectivity index (χ0) is 14.0. The third-order valence-electron chi connectivity index (χ3n) is 2.43. The molecule has 0 bridgehead atoms. The summed E-state index contributed by atoms with van der Waals surface area (Å²) in [5.41, 5.74) is 4.68. The number of halogens is 3. The van der Waals surface area contributed by atoms with E-state index in [9.17, 15) is 13.2 Å². The van der Waals surface area contributed by atoms with Gasteiger partial charge in [-0.05, 0) is 24.9 Å². The second-order valence-corrected chi connectivity index (χ2v) is 4.14. The van der Waals surface area contributed by atoms with E-state index in [2.05, 4.69) is 17.9 Å². The van der Waals surface area contributed by atoms with Gasteiger partial charge in [0.2, 0.25) is 5.88 Å². The molecule has 0 amide bonds. The predicted octanol–water partition coefficient (Wildman–Crippen LogP) is 2.76. The van der Waals surface area contributed by atoms with Crippen molar-refractivity contribution >= 4 is 18.5 Å². The second kappa shape index (κ2) is 5.04. The molecule has 0 unspecified atom stereocenters. The first kappa shape index (κ1) is 13.6. The molecule has 1 heterocycles. The van der Waals surface area contributed by atoms with Crippen molar-refractivity contribution in [1.82, 2.24) is 9.19 Å². The average Bonchev–Trinajstić information content (AvgIpc) is 2.72. The molecule has 0 aliphatic heterocycles. The molecule has 8 heteroatoms. The lowest BCUT2D eigenvalue weighted by Gasteiger charge is -2.14. The fourth-order valence-corrected chi connectivity index (χ4v) is 1.71. The summed E-state index contributed by atoms with van der Waals surface area (Å²) in [5.74, 6) is 0.173. The quantitative estimate of drug-likeness (QED) is 0.675. The molecule has 0 aliphatic rings. The zero-order valence-electron chi connectivity index (χ0n) is 9.55. The van der Waals surface area contributed by atoms with Gasteiger partial charge >= 0.3 is 6.18 Å². The molecule has 0 fully saturated rings. The van der Waals surface area contributed by atoms with Gasteiger partial charge in [-0.2, -0.15) is 13.2 Å². The minimum absolute atomic E-state index is 0.0279. The van der Waals surface area contributed by atoms with Gasteiger partial charge in [0.1, 0.15) is 6.61 Å². The maximum Gasteiger partial charge on any atom is 0.416 e. The minimum atomic E-state index is -4.48. The third-order valence-corrected chi connectivity index (χ3v) is 2.66.